The van der Waals surface area contributed by atoms with Crippen LogP contribution in [0.25, 0.3) is 11.1 Å². The normalized spacial score (nSPS) is 16.5. The molecule has 4 N–H and O–H groups in total. The van der Waals surface area contributed by atoms with Gasteiger partial charge in [0.05, 0.1) is 20.2 Å². The molecule has 1 aromatic heterocycles. The van der Waals surface area contributed by atoms with Gasteiger partial charge in [0.1, 0.15) is 12.1 Å². The molecule has 1 aliphatic heterocycles. The number of hydrogen-bond acceptors (Lipinski definition) is 8. The quantitative estimate of drug-likeness (QED) is 0.341. The molecule has 3 rings (SSSR count). The maximum absolute atomic E-state index is 12.6. The van der Waals surface area contributed by atoms with E-state index in [4.69, 9.17) is 11.1 Å². The lowest BCUT2D eigenvalue weighted by Gasteiger charge is -2.37. The number of aromatic nitrogens is 2. The Morgan fingerprint density at radius 1 is 1.20 bits per heavy atom. The van der Waals surface area contributed by atoms with E-state index in [1.165, 1.54) is 12.0 Å². The molecular formula is C19H23ClN6O4. The van der Waals surface area contributed by atoms with E-state index in [0.717, 1.165) is 11.1 Å². The average Bonchev–Trinajstić information content (AvgIpc) is 2.74. The van der Waals surface area contributed by atoms with Gasteiger partial charge in [0.2, 0.25) is 5.82 Å². The van der Waals surface area contributed by atoms with Gasteiger partial charge in [0, 0.05) is 36.6 Å². The number of rotatable bonds is 5. The number of amides is 1. The number of benzene rings is 1. The van der Waals surface area contributed by atoms with Crippen LogP contribution in [0.2, 0.25) is 0 Å². The van der Waals surface area contributed by atoms with Gasteiger partial charge in [-0.15, -0.1) is 12.4 Å². The summed E-state index contributed by atoms with van der Waals surface area (Å²) in [7, 11) is 1.28. The van der Waals surface area contributed by atoms with Gasteiger partial charge in [-0.05, 0) is 5.56 Å². The number of carbonyl (C=O) groups excluding carboxylic acids is 2. The molecule has 1 saturated heterocycles. The van der Waals surface area contributed by atoms with Crippen molar-refractivity contribution in [1.82, 2.24) is 19.8 Å². The number of halogens is 1. The molecule has 1 unspecified atom stereocenters. The zero-order chi connectivity index (χ0) is 21.0. The van der Waals surface area contributed by atoms with Crippen molar-refractivity contribution >= 4 is 30.1 Å². The Balaban J connectivity index is 0.00000320. The lowest BCUT2D eigenvalue weighted by Crippen LogP contribution is -2.56. The van der Waals surface area contributed by atoms with Crippen LogP contribution in [0, 0.1) is 5.41 Å². The van der Waals surface area contributed by atoms with Crippen LogP contribution in [0.3, 0.4) is 0 Å². The number of nitrogens with one attached hydrogen (secondary N) is 1. The van der Waals surface area contributed by atoms with Gasteiger partial charge >= 0.3 is 5.97 Å². The molecule has 2 heterocycles. The summed E-state index contributed by atoms with van der Waals surface area (Å²) in [4.78, 5) is 35.3. The molecule has 2 aromatic rings. The summed E-state index contributed by atoms with van der Waals surface area (Å²) in [5.41, 5.74) is 7.62. The summed E-state index contributed by atoms with van der Waals surface area (Å²) in [6.07, 6.45) is 2.13. The Morgan fingerprint density at radius 2 is 1.83 bits per heavy atom. The number of aliphatic hydroxyl groups is 1. The molecule has 0 bridgehead atoms. The fourth-order valence-corrected chi connectivity index (χ4v) is 2.97. The number of nitrogens with two attached hydrogens (primary N) is 1. The van der Waals surface area contributed by atoms with E-state index in [1.54, 1.807) is 41.6 Å². The predicted octanol–water partition coefficient (Wildman–Crippen LogP) is 0.0987. The minimum absolute atomic E-state index is 0. The van der Waals surface area contributed by atoms with Crippen molar-refractivity contribution in [2.75, 3.05) is 33.3 Å². The summed E-state index contributed by atoms with van der Waals surface area (Å²) in [5, 5.41) is 17.6. The Bertz CT molecular complexity index is 906. The van der Waals surface area contributed by atoms with Crippen molar-refractivity contribution in [3.63, 3.8) is 0 Å². The molecule has 1 aromatic carbocycles. The summed E-state index contributed by atoms with van der Waals surface area (Å²) in [6, 6.07) is 7.06. The Kier molecular flexibility index (Phi) is 7.81. The molecule has 0 aliphatic carbocycles. The van der Waals surface area contributed by atoms with E-state index >= 15 is 0 Å². The summed E-state index contributed by atoms with van der Waals surface area (Å²) < 4.78 is 4.60. The van der Waals surface area contributed by atoms with Gasteiger partial charge < -0.3 is 20.5 Å². The van der Waals surface area contributed by atoms with E-state index in [-0.39, 0.29) is 43.1 Å². The standard InChI is InChI=1S/C19H22N6O4.ClH/c1-29-16(27)11-24-6-7-25(10-15(24)26)19(28)18-22-8-14(9-23-18)12-2-4-13(5-3-12)17(20)21;/h2-5,8-9,15,26H,6-7,10-11H2,1H3,(H3,20,21);1H. The number of hydrogen-bond donors (Lipinski definition) is 3. The second-order valence-electron chi connectivity index (χ2n) is 6.56. The Labute approximate surface area is 179 Å². The average molecular weight is 435 g/mol. The van der Waals surface area contributed by atoms with Crippen molar-refractivity contribution in [3.8, 4) is 11.1 Å². The lowest BCUT2D eigenvalue weighted by atomic mass is 10.1. The molecule has 0 saturated carbocycles. The van der Waals surface area contributed by atoms with Crippen molar-refractivity contribution in [2.24, 2.45) is 5.73 Å². The van der Waals surface area contributed by atoms with Crippen molar-refractivity contribution in [1.29, 1.82) is 5.41 Å². The number of nitrogen functional groups attached to an aromatic ring is 1. The van der Waals surface area contributed by atoms with Gasteiger partial charge in [0.25, 0.3) is 5.91 Å². The molecule has 1 atom stereocenters. The summed E-state index contributed by atoms with van der Waals surface area (Å²) in [5.74, 6) is -0.815. The van der Waals surface area contributed by atoms with Crippen LogP contribution in [0.15, 0.2) is 36.7 Å². The molecule has 1 fully saturated rings. The van der Waals surface area contributed by atoms with Crippen LogP contribution in [-0.4, -0.2) is 82.1 Å². The van der Waals surface area contributed by atoms with Crippen LogP contribution in [0.1, 0.15) is 16.2 Å². The molecule has 30 heavy (non-hydrogen) atoms. The molecule has 10 nitrogen and oxygen atoms in total. The Hall–Kier alpha value is -3.08. The fraction of sp³-hybridized carbons (Fsp3) is 0.316. The second-order valence-corrected chi connectivity index (χ2v) is 6.56. The predicted molar refractivity (Wildman–Crippen MR) is 111 cm³/mol. The van der Waals surface area contributed by atoms with Gasteiger partial charge in [-0.1, -0.05) is 24.3 Å². The van der Waals surface area contributed by atoms with Gasteiger partial charge in [-0.3, -0.25) is 19.9 Å². The highest BCUT2D eigenvalue weighted by Gasteiger charge is 2.30. The zero-order valence-electron chi connectivity index (χ0n) is 16.3. The molecule has 160 valence electrons. The van der Waals surface area contributed by atoms with Crippen LogP contribution in [0.4, 0.5) is 0 Å². The van der Waals surface area contributed by atoms with E-state index in [2.05, 4.69) is 14.7 Å². The number of aliphatic hydroxyl groups excluding tert-OH is 1. The monoisotopic (exact) mass is 434 g/mol. The molecule has 0 radical (unpaired) electrons. The SMILES string of the molecule is COC(=O)CN1CCN(C(=O)c2ncc(-c3ccc(C(=N)N)cc3)cn2)CC1O.Cl. The van der Waals surface area contributed by atoms with E-state index < -0.39 is 12.2 Å². The van der Waals surface area contributed by atoms with Crippen molar-refractivity contribution in [2.45, 2.75) is 6.23 Å². The minimum atomic E-state index is -0.967. The molecular weight excluding hydrogens is 412 g/mol. The minimum Gasteiger partial charge on any atom is -0.468 e. The number of piperazine rings is 1. The third kappa shape index (κ3) is 5.29. The first-order valence-electron chi connectivity index (χ1n) is 8.94. The lowest BCUT2D eigenvalue weighted by molar-refractivity contribution is -0.146. The van der Waals surface area contributed by atoms with Crippen molar-refractivity contribution in [3.05, 3.63) is 48.0 Å². The highest BCUT2D eigenvalue weighted by Crippen LogP contribution is 2.18. The van der Waals surface area contributed by atoms with Gasteiger partial charge in [-0.25, -0.2) is 9.97 Å². The molecule has 1 amide bonds. The summed E-state index contributed by atoms with van der Waals surface area (Å²) >= 11 is 0. The highest BCUT2D eigenvalue weighted by molar-refractivity contribution is 5.95. The van der Waals surface area contributed by atoms with Crippen LogP contribution < -0.4 is 5.73 Å². The third-order valence-corrected chi connectivity index (χ3v) is 4.68. The third-order valence-electron chi connectivity index (χ3n) is 4.68. The molecule has 11 heteroatoms. The number of ether oxygens (including phenoxy) is 1. The van der Waals surface area contributed by atoms with Crippen LogP contribution in [0.5, 0.6) is 0 Å². The number of amidine groups is 1. The smallest absolute Gasteiger partial charge is 0.319 e. The number of β-amino-alcohol motifs (C(OH)–C–C–N with tert-alkyl or cyclic N) is 1. The van der Waals surface area contributed by atoms with Crippen LogP contribution in [-0.2, 0) is 9.53 Å². The zero-order valence-corrected chi connectivity index (χ0v) is 17.1. The van der Waals surface area contributed by atoms with Crippen LogP contribution >= 0.6 is 12.4 Å². The first-order valence-corrected chi connectivity index (χ1v) is 8.94. The van der Waals surface area contributed by atoms with Gasteiger partial charge in [0.15, 0.2) is 0 Å². The number of methoxy groups -OCH3 is 1. The highest BCUT2D eigenvalue weighted by atomic mass is 35.5. The second kappa shape index (κ2) is 10.1. The Morgan fingerprint density at radius 3 is 2.37 bits per heavy atom. The summed E-state index contributed by atoms with van der Waals surface area (Å²) in [6.45, 7) is 0.688. The number of carbonyl (C=O) groups is 2. The molecule has 0 spiro atoms. The topological polar surface area (TPSA) is 146 Å². The molecule has 1 aliphatic rings. The largest absolute Gasteiger partial charge is 0.468 e. The van der Waals surface area contributed by atoms with E-state index in [0.29, 0.717) is 18.7 Å². The number of esters is 1. The van der Waals surface area contributed by atoms with E-state index in [9.17, 15) is 14.7 Å². The van der Waals surface area contributed by atoms with Crippen molar-refractivity contribution < 1.29 is 19.4 Å². The first-order chi connectivity index (χ1) is 13.9. The maximum Gasteiger partial charge on any atom is 0.319 e. The maximum atomic E-state index is 12.6. The fourth-order valence-electron chi connectivity index (χ4n) is 2.97. The first kappa shape index (κ1) is 23.2. The van der Waals surface area contributed by atoms with E-state index in [1.807, 2.05) is 0 Å². The number of nitrogens with zero attached hydrogens (tertiary/aromatic N) is 4. The van der Waals surface area contributed by atoms with Gasteiger partial charge in [-0.2, -0.15) is 0 Å².